The van der Waals surface area contributed by atoms with Crippen LogP contribution in [0.3, 0.4) is 0 Å². The maximum Gasteiger partial charge on any atom is 0.157 e. The van der Waals surface area contributed by atoms with Crippen LogP contribution in [0.1, 0.15) is 51.9 Å². The van der Waals surface area contributed by atoms with Gasteiger partial charge in [-0.05, 0) is 67.6 Å². The Balaban J connectivity index is 1.72. The van der Waals surface area contributed by atoms with E-state index in [2.05, 4.69) is 31.2 Å². The van der Waals surface area contributed by atoms with Gasteiger partial charge in [0.2, 0.25) is 0 Å². The normalized spacial score (nSPS) is 51.6. The second kappa shape index (κ2) is 4.70. The highest BCUT2D eigenvalue weighted by Gasteiger charge is 2.58. The van der Waals surface area contributed by atoms with Gasteiger partial charge in [-0.2, -0.15) is 0 Å². The van der Waals surface area contributed by atoms with Gasteiger partial charge in [0.25, 0.3) is 0 Å². The van der Waals surface area contributed by atoms with Crippen molar-refractivity contribution in [1.82, 2.24) is 0 Å². The van der Waals surface area contributed by atoms with E-state index in [-0.39, 0.29) is 5.41 Å². The summed E-state index contributed by atoms with van der Waals surface area (Å²) in [7, 11) is 0. The molecular formula is C19H28O2. The number of hydrogen-bond acceptors (Lipinski definition) is 2. The largest absolute Gasteiger partial charge is 0.368 e. The molecule has 2 nitrogen and oxygen atoms in total. The molecule has 4 rings (SSSR count). The highest BCUT2D eigenvalue weighted by Crippen LogP contribution is 2.64. The summed E-state index contributed by atoms with van der Waals surface area (Å²) >= 11 is 0. The van der Waals surface area contributed by atoms with Crippen LogP contribution in [-0.2, 0) is 0 Å². The van der Waals surface area contributed by atoms with Gasteiger partial charge in [-0.15, -0.1) is 0 Å². The molecule has 0 bridgehead atoms. The predicted molar refractivity (Wildman–Crippen MR) is 83.3 cm³/mol. The van der Waals surface area contributed by atoms with Crippen molar-refractivity contribution in [2.75, 3.05) is 0 Å². The number of aliphatic hydroxyl groups is 2. The van der Waals surface area contributed by atoms with Gasteiger partial charge in [-0.1, -0.05) is 37.6 Å². The third kappa shape index (κ3) is 1.78. The van der Waals surface area contributed by atoms with E-state index in [1.807, 2.05) is 0 Å². The number of allylic oxidation sites excluding steroid dienone is 4. The molecule has 0 saturated heterocycles. The minimum atomic E-state index is -1.13. The molecule has 0 radical (unpaired) electrons. The summed E-state index contributed by atoms with van der Waals surface area (Å²) in [4.78, 5) is 0. The fourth-order valence-corrected chi connectivity index (χ4v) is 6.36. The first kappa shape index (κ1) is 14.0. The van der Waals surface area contributed by atoms with Crippen molar-refractivity contribution < 1.29 is 10.2 Å². The average Bonchev–Trinajstić information content (AvgIpc) is 2.92. The molecule has 4 aliphatic rings. The highest BCUT2D eigenvalue weighted by atomic mass is 16.5. The first-order valence-electron chi connectivity index (χ1n) is 8.80. The summed E-state index contributed by atoms with van der Waals surface area (Å²) in [6.45, 7) is 2.45. The number of hydrogen-bond donors (Lipinski definition) is 2. The van der Waals surface area contributed by atoms with Crippen molar-refractivity contribution in [2.45, 2.75) is 58.2 Å². The molecule has 2 saturated carbocycles. The summed E-state index contributed by atoms with van der Waals surface area (Å²) in [5.74, 6) is 2.41. The Morgan fingerprint density at radius 2 is 1.90 bits per heavy atom. The first-order valence-corrected chi connectivity index (χ1v) is 8.80. The van der Waals surface area contributed by atoms with Crippen molar-refractivity contribution in [3.63, 3.8) is 0 Å². The quantitative estimate of drug-likeness (QED) is 0.571. The van der Waals surface area contributed by atoms with Crippen LogP contribution in [0.2, 0.25) is 0 Å². The second-order valence-corrected chi connectivity index (χ2v) is 8.17. The van der Waals surface area contributed by atoms with E-state index in [1.54, 1.807) is 0 Å². The van der Waals surface area contributed by atoms with Crippen LogP contribution in [0.25, 0.3) is 0 Å². The van der Waals surface area contributed by atoms with Crippen molar-refractivity contribution in [3.05, 3.63) is 24.3 Å². The van der Waals surface area contributed by atoms with Crippen molar-refractivity contribution in [2.24, 2.45) is 34.5 Å². The van der Waals surface area contributed by atoms with E-state index < -0.39 is 6.29 Å². The predicted octanol–water partition coefficient (Wildman–Crippen LogP) is 3.65. The van der Waals surface area contributed by atoms with Gasteiger partial charge >= 0.3 is 0 Å². The van der Waals surface area contributed by atoms with Gasteiger partial charge < -0.3 is 10.2 Å². The topological polar surface area (TPSA) is 40.5 Å². The third-order valence-corrected chi connectivity index (χ3v) is 7.54. The zero-order chi connectivity index (χ0) is 14.7. The lowest BCUT2D eigenvalue weighted by molar-refractivity contribution is -0.182. The van der Waals surface area contributed by atoms with E-state index in [0.717, 1.165) is 25.7 Å². The fraction of sp³-hybridized carbons (Fsp3) is 0.789. The SMILES string of the molecule is C[C@]12C=CCCC1C=C[C@H]1[C@@H]3CCC[C@@]3(C(O)O)CC[C@@H]12. The van der Waals surface area contributed by atoms with Gasteiger partial charge in [-0.3, -0.25) is 0 Å². The molecule has 21 heavy (non-hydrogen) atoms. The number of rotatable bonds is 1. The lowest BCUT2D eigenvalue weighted by Gasteiger charge is -2.57. The number of fused-ring (bicyclic) bond motifs is 5. The van der Waals surface area contributed by atoms with Crippen LogP contribution in [-0.4, -0.2) is 16.5 Å². The Morgan fingerprint density at radius 3 is 2.71 bits per heavy atom. The van der Waals surface area contributed by atoms with Gasteiger partial charge in [0.05, 0.1) is 0 Å². The van der Waals surface area contributed by atoms with E-state index in [0.29, 0.717) is 29.1 Å². The van der Waals surface area contributed by atoms with Gasteiger partial charge in [0.1, 0.15) is 0 Å². The van der Waals surface area contributed by atoms with Gasteiger partial charge in [0.15, 0.2) is 6.29 Å². The molecule has 6 atom stereocenters. The third-order valence-electron chi connectivity index (χ3n) is 7.54. The summed E-state index contributed by atoms with van der Waals surface area (Å²) in [6.07, 6.45) is 16.6. The summed E-state index contributed by atoms with van der Waals surface area (Å²) < 4.78 is 0. The Labute approximate surface area is 127 Å². The van der Waals surface area contributed by atoms with Crippen molar-refractivity contribution in [3.8, 4) is 0 Å². The number of aliphatic hydroxyl groups excluding tert-OH is 1. The molecule has 0 aromatic rings. The molecule has 2 N–H and O–H groups in total. The molecule has 0 heterocycles. The van der Waals surface area contributed by atoms with Crippen LogP contribution < -0.4 is 0 Å². The average molecular weight is 288 g/mol. The van der Waals surface area contributed by atoms with Crippen molar-refractivity contribution in [1.29, 1.82) is 0 Å². The monoisotopic (exact) mass is 288 g/mol. The molecule has 0 aliphatic heterocycles. The fourth-order valence-electron chi connectivity index (χ4n) is 6.36. The minimum absolute atomic E-state index is 0.215. The van der Waals surface area contributed by atoms with Gasteiger partial charge in [0, 0.05) is 5.41 Å². The summed E-state index contributed by atoms with van der Waals surface area (Å²) in [5, 5.41) is 20.1. The van der Waals surface area contributed by atoms with E-state index in [1.165, 1.54) is 19.3 Å². The van der Waals surface area contributed by atoms with E-state index >= 15 is 0 Å². The van der Waals surface area contributed by atoms with Crippen LogP contribution in [0.15, 0.2) is 24.3 Å². The van der Waals surface area contributed by atoms with Crippen LogP contribution in [0.5, 0.6) is 0 Å². The Hall–Kier alpha value is -0.600. The zero-order valence-electron chi connectivity index (χ0n) is 13.0. The van der Waals surface area contributed by atoms with Crippen LogP contribution >= 0.6 is 0 Å². The Morgan fingerprint density at radius 1 is 1.05 bits per heavy atom. The molecule has 4 aliphatic carbocycles. The molecule has 0 spiro atoms. The molecule has 0 aromatic heterocycles. The van der Waals surface area contributed by atoms with E-state index in [4.69, 9.17) is 0 Å². The maximum atomic E-state index is 10.0. The first-order chi connectivity index (χ1) is 10.1. The lowest BCUT2D eigenvalue weighted by Crippen LogP contribution is -2.52. The summed E-state index contributed by atoms with van der Waals surface area (Å²) in [5.41, 5.74) is 0.0832. The van der Waals surface area contributed by atoms with Crippen molar-refractivity contribution >= 4 is 0 Å². The van der Waals surface area contributed by atoms with E-state index in [9.17, 15) is 10.2 Å². The minimum Gasteiger partial charge on any atom is -0.368 e. The Kier molecular flexibility index (Phi) is 3.14. The molecule has 2 heteroatoms. The van der Waals surface area contributed by atoms with Crippen LogP contribution in [0.4, 0.5) is 0 Å². The molecule has 0 amide bonds. The second-order valence-electron chi connectivity index (χ2n) is 8.17. The smallest absolute Gasteiger partial charge is 0.157 e. The standard InChI is InChI=1S/C19H28O2/c1-18-10-3-2-5-13(18)7-8-14-15(18)9-12-19(17(20)21)11-4-6-16(14)19/h3,7-8,10,13-17,20-21H,2,4-6,9,11-12H2,1H3/t13?,14-,15+,16+,18+,19-/m1/s1. The maximum absolute atomic E-state index is 10.0. The molecule has 116 valence electrons. The lowest BCUT2D eigenvalue weighted by atomic mass is 9.48. The molecule has 0 aromatic carbocycles. The highest BCUT2D eigenvalue weighted by molar-refractivity contribution is 5.22. The molecule has 2 fully saturated rings. The molecule has 1 unspecified atom stereocenters. The van der Waals surface area contributed by atoms with Crippen LogP contribution in [0, 0.1) is 34.5 Å². The summed E-state index contributed by atoms with van der Waals surface area (Å²) in [6, 6.07) is 0. The zero-order valence-corrected chi connectivity index (χ0v) is 13.0. The Bertz CT molecular complexity index is 480. The van der Waals surface area contributed by atoms with Gasteiger partial charge in [-0.25, -0.2) is 0 Å². The molecular weight excluding hydrogens is 260 g/mol.